The van der Waals surface area contributed by atoms with Crippen molar-refractivity contribution in [2.24, 2.45) is 10.8 Å². The van der Waals surface area contributed by atoms with Gasteiger partial charge in [-0.2, -0.15) is 0 Å². The van der Waals surface area contributed by atoms with Crippen LogP contribution in [0.1, 0.15) is 64.4 Å². The summed E-state index contributed by atoms with van der Waals surface area (Å²) in [6.07, 6.45) is 3.31. The molecule has 1 aromatic heterocycles. The third-order valence-corrected chi connectivity index (χ3v) is 6.82. The number of nitrogens with one attached hydrogen (secondary N) is 2. The Labute approximate surface area is 182 Å². The molecule has 1 saturated heterocycles. The van der Waals surface area contributed by atoms with E-state index in [9.17, 15) is 14.0 Å². The average Bonchev–Trinajstić information content (AvgIpc) is 3.14. The van der Waals surface area contributed by atoms with Gasteiger partial charge in [-0.1, -0.05) is 20.8 Å². The maximum Gasteiger partial charge on any atom is 0.356 e. The molecular formula is C24H32FN3O3. The fraction of sp³-hybridized carbons (Fsp3) is 0.583. The summed E-state index contributed by atoms with van der Waals surface area (Å²) in [5.41, 5.74) is 1.45. The van der Waals surface area contributed by atoms with Crippen LogP contribution in [-0.2, 0) is 9.53 Å². The average molecular weight is 430 g/mol. The van der Waals surface area contributed by atoms with Gasteiger partial charge in [0.1, 0.15) is 11.5 Å². The Morgan fingerprint density at radius 3 is 2.77 bits per heavy atom. The van der Waals surface area contributed by atoms with E-state index in [1.807, 2.05) is 6.92 Å². The van der Waals surface area contributed by atoms with E-state index in [1.165, 1.54) is 12.1 Å². The third kappa shape index (κ3) is 4.07. The van der Waals surface area contributed by atoms with E-state index in [0.29, 0.717) is 16.9 Å². The van der Waals surface area contributed by atoms with Gasteiger partial charge in [0.2, 0.25) is 5.91 Å². The molecule has 2 N–H and O–H groups in total. The van der Waals surface area contributed by atoms with Crippen LogP contribution in [0.5, 0.6) is 0 Å². The number of carbonyl (C=O) groups is 2. The van der Waals surface area contributed by atoms with E-state index in [2.05, 4.69) is 36.0 Å². The Balaban J connectivity index is 1.62. The van der Waals surface area contributed by atoms with Gasteiger partial charge in [-0.05, 0) is 62.1 Å². The Bertz CT molecular complexity index is 1030. The number of benzene rings is 1. The van der Waals surface area contributed by atoms with E-state index >= 15 is 0 Å². The topological polar surface area (TPSA) is 74.4 Å². The maximum atomic E-state index is 13.9. The fourth-order valence-corrected chi connectivity index (χ4v) is 5.99. The van der Waals surface area contributed by atoms with Crippen LogP contribution in [0.4, 0.5) is 10.1 Å². The molecule has 1 aliphatic heterocycles. The summed E-state index contributed by atoms with van der Waals surface area (Å²) in [5, 5.41) is 3.37. The maximum absolute atomic E-state index is 13.9. The summed E-state index contributed by atoms with van der Waals surface area (Å²) in [7, 11) is 0. The van der Waals surface area contributed by atoms with Crippen molar-refractivity contribution < 1.29 is 18.7 Å². The molecule has 1 saturated carbocycles. The largest absolute Gasteiger partial charge is 0.461 e. The molecule has 1 aromatic carbocycles. The molecule has 0 radical (unpaired) electrons. The van der Waals surface area contributed by atoms with E-state index in [-0.39, 0.29) is 40.8 Å². The van der Waals surface area contributed by atoms with E-state index < -0.39 is 11.8 Å². The van der Waals surface area contributed by atoms with Crippen LogP contribution in [0.2, 0.25) is 0 Å². The summed E-state index contributed by atoms with van der Waals surface area (Å²) in [6.45, 7) is 11.6. The first-order chi connectivity index (χ1) is 14.5. The zero-order chi connectivity index (χ0) is 22.6. The molecule has 0 spiro atoms. The van der Waals surface area contributed by atoms with Gasteiger partial charge in [0, 0.05) is 23.5 Å². The number of carbonyl (C=O) groups excluding carboxylic acids is 2. The summed E-state index contributed by atoms with van der Waals surface area (Å²) in [6, 6.07) is 4.18. The van der Waals surface area contributed by atoms with Gasteiger partial charge < -0.3 is 15.0 Å². The van der Waals surface area contributed by atoms with Crippen LogP contribution in [0, 0.1) is 16.6 Å². The SMILES string of the molecule is CCOC(=O)c1[nH]c2ccc(F)cc2c1NC(=O)C(C)N1CC2(C)CC1CC(C)(C)C2. The number of ether oxygens (including phenoxy) is 1. The van der Waals surface area contributed by atoms with Crippen LogP contribution in [0.3, 0.4) is 0 Å². The molecule has 2 aliphatic rings. The van der Waals surface area contributed by atoms with Crippen molar-refractivity contribution in [3.05, 3.63) is 29.7 Å². The molecule has 4 rings (SSSR count). The number of fused-ring (bicyclic) bond motifs is 3. The number of H-pyrrole nitrogens is 1. The van der Waals surface area contributed by atoms with Crippen LogP contribution in [0.15, 0.2) is 18.2 Å². The standard InChI is InChI=1S/C24H32FN3O3/c1-6-31-22(30)20-19(17-9-15(25)7-8-18(17)26-20)27-21(29)14(2)28-13-24(5)11-16(28)10-23(3,4)12-24/h7-9,14,16,26H,6,10-13H2,1-5H3,(H,27,29). The monoisotopic (exact) mass is 429 g/mol. The minimum atomic E-state index is -0.576. The number of nitrogens with zero attached hydrogens (tertiary/aromatic N) is 1. The van der Waals surface area contributed by atoms with Crippen LogP contribution in [0.25, 0.3) is 10.9 Å². The molecular weight excluding hydrogens is 397 g/mol. The third-order valence-electron chi connectivity index (χ3n) is 6.82. The molecule has 31 heavy (non-hydrogen) atoms. The number of anilines is 1. The molecule has 7 heteroatoms. The second kappa shape index (κ2) is 7.62. The van der Waals surface area contributed by atoms with Gasteiger partial charge >= 0.3 is 5.97 Å². The number of aromatic amines is 1. The summed E-state index contributed by atoms with van der Waals surface area (Å²) in [5.74, 6) is -1.22. The first-order valence-corrected chi connectivity index (χ1v) is 11.1. The Morgan fingerprint density at radius 2 is 2.06 bits per heavy atom. The highest BCUT2D eigenvalue weighted by Gasteiger charge is 2.51. The number of likely N-dealkylation sites (tertiary alicyclic amines) is 1. The Morgan fingerprint density at radius 1 is 1.32 bits per heavy atom. The zero-order valence-corrected chi connectivity index (χ0v) is 19.0. The summed E-state index contributed by atoms with van der Waals surface area (Å²) >= 11 is 0. The molecule has 3 atom stereocenters. The number of hydrogen-bond donors (Lipinski definition) is 2. The molecule has 2 bridgehead atoms. The van der Waals surface area contributed by atoms with Gasteiger partial charge in [0.25, 0.3) is 0 Å². The second-order valence-corrected chi connectivity index (χ2v) is 10.3. The van der Waals surface area contributed by atoms with Crippen molar-refractivity contribution in [3.8, 4) is 0 Å². The molecule has 2 fully saturated rings. The van der Waals surface area contributed by atoms with Crippen molar-refractivity contribution in [2.45, 2.75) is 66.0 Å². The number of aromatic nitrogens is 1. The van der Waals surface area contributed by atoms with Gasteiger partial charge in [-0.25, -0.2) is 9.18 Å². The van der Waals surface area contributed by atoms with Gasteiger partial charge in [0.05, 0.1) is 18.3 Å². The van der Waals surface area contributed by atoms with Crippen molar-refractivity contribution in [1.82, 2.24) is 9.88 Å². The summed E-state index contributed by atoms with van der Waals surface area (Å²) in [4.78, 5) is 31.1. The molecule has 2 heterocycles. The van der Waals surface area contributed by atoms with E-state index in [4.69, 9.17) is 4.74 Å². The molecule has 6 nitrogen and oxygen atoms in total. The number of amides is 1. The lowest BCUT2D eigenvalue weighted by Gasteiger charge is -2.40. The normalized spacial score (nSPS) is 26.1. The molecule has 168 valence electrons. The highest BCUT2D eigenvalue weighted by atomic mass is 19.1. The molecule has 1 amide bonds. The zero-order valence-electron chi connectivity index (χ0n) is 19.0. The van der Waals surface area contributed by atoms with Crippen molar-refractivity contribution in [3.63, 3.8) is 0 Å². The van der Waals surface area contributed by atoms with Crippen molar-refractivity contribution >= 4 is 28.5 Å². The highest BCUT2D eigenvalue weighted by Crippen LogP contribution is 2.53. The van der Waals surface area contributed by atoms with E-state index in [0.717, 1.165) is 25.8 Å². The molecule has 1 aliphatic carbocycles. The number of esters is 1. The smallest absolute Gasteiger partial charge is 0.356 e. The number of halogens is 1. The predicted octanol–water partition coefficient (Wildman–Crippen LogP) is 4.71. The minimum Gasteiger partial charge on any atom is -0.461 e. The van der Waals surface area contributed by atoms with E-state index in [1.54, 1.807) is 13.0 Å². The molecule has 2 aromatic rings. The number of hydrogen-bond acceptors (Lipinski definition) is 4. The quantitative estimate of drug-likeness (QED) is 0.675. The lowest BCUT2D eigenvalue weighted by atomic mass is 9.65. The summed E-state index contributed by atoms with van der Waals surface area (Å²) < 4.78 is 19.1. The van der Waals surface area contributed by atoms with Crippen LogP contribution in [-0.4, -0.2) is 47.0 Å². The Kier molecular flexibility index (Phi) is 5.36. The minimum absolute atomic E-state index is 0.135. The van der Waals surface area contributed by atoms with Crippen molar-refractivity contribution in [1.29, 1.82) is 0 Å². The predicted molar refractivity (Wildman–Crippen MR) is 119 cm³/mol. The lowest BCUT2D eigenvalue weighted by molar-refractivity contribution is -0.121. The Hall–Kier alpha value is -2.41. The molecule has 3 unspecified atom stereocenters. The fourth-order valence-electron chi connectivity index (χ4n) is 5.99. The van der Waals surface area contributed by atoms with Crippen LogP contribution < -0.4 is 5.32 Å². The highest BCUT2D eigenvalue weighted by molar-refractivity contribution is 6.11. The first kappa shape index (κ1) is 21.8. The first-order valence-electron chi connectivity index (χ1n) is 11.1. The lowest BCUT2D eigenvalue weighted by Crippen LogP contribution is -2.45. The second-order valence-electron chi connectivity index (χ2n) is 10.3. The van der Waals surface area contributed by atoms with Gasteiger partial charge in [-0.15, -0.1) is 0 Å². The number of rotatable bonds is 5. The van der Waals surface area contributed by atoms with Crippen molar-refractivity contribution in [2.75, 3.05) is 18.5 Å². The van der Waals surface area contributed by atoms with Crippen LogP contribution >= 0.6 is 0 Å². The van der Waals surface area contributed by atoms with Gasteiger partial charge in [0.15, 0.2) is 0 Å². The van der Waals surface area contributed by atoms with Gasteiger partial charge in [-0.3, -0.25) is 9.69 Å².